The summed E-state index contributed by atoms with van der Waals surface area (Å²) in [5.74, 6) is 0.0335. The highest BCUT2D eigenvalue weighted by molar-refractivity contribution is 7.12. The zero-order chi connectivity index (χ0) is 19.4. The van der Waals surface area contributed by atoms with Crippen molar-refractivity contribution in [3.8, 4) is 11.4 Å². The van der Waals surface area contributed by atoms with Crippen LogP contribution in [0.2, 0.25) is 0 Å². The Morgan fingerprint density at radius 2 is 1.96 bits per heavy atom. The molecule has 1 aromatic carbocycles. The molecule has 0 aliphatic carbocycles. The summed E-state index contributed by atoms with van der Waals surface area (Å²) in [6.07, 6.45) is 0. The van der Waals surface area contributed by atoms with Gasteiger partial charge >= 0.3 is 5.97 Å². The molecule has 0 atom stereocenters. The van der Waals surface area contributed by atoms with Gasteiger partial charge in [0, 0.05) is 5.56 Å². The van der Waals surface area contributed by atoms with Gasteiger partial charge in [0.1, 0.15) is 11.4 Å². The molecule has 0 aliphatic rings. The predicted molar refractivity (Wildman–Crippen MR) is 102 cm³/mol. The van der Waals surface area contributed by atoms with Gasteiger partial charge in [-0.2, -0.15) is 4.80 Å². The first-order valence-corrected chi connectivity index (χ1v) is 9.19. The number of amides is 1. The molecule has 0 fully saturated rings. The highest BCUT2D eigenvalue weighted by atomic mass is 32.1. The Morgan fingerprint density at radius 3 is 2.63 bits per heavy atom. The van der Waals surface area contributed by atoms with E-state index in [1.54, 1.807) is 11.4 Å². The molecule has 0 saturated carbocycles. The molecule has 0 unspecified atom stereocenters. The second kappa shape index (κ2) is 8.09. The summed E-state index contributed by atoms with van der Waals surface area (Å²) in [5.41, 5.74) is 2.46. The minimum absolute atomic E-state index is 0.118. The highest BCUT2D eigenvalue weighted by Crippen LogP contribution is 2.23. The van der Waals surface area contributed by atoms with Crippen molar-refractivity contribution in [3.05, 3.63) is 46.2 Å². The fraction of sp³-hybridized carbons (Fsp3) is 0.278. The normalized spacial score (nSPS) is 10.8. The second-order valence-electron chi connectivity index (χ2n) is 6.12. The Balaban J connectivity index is 1.66. The number of methoxy groups -OCH3 is 1. The monoisotopic (exact) mass is 385 g/mol. The third-order valence-electron chi connectivity index (χ3n) is 3.88. The molecule has 8 nitrogen and oxygen atoms in total. The molecule has 0 saturated heterocycles. The van der Waals surface area contributed by atoms with Crippen molar-refractivity contribution in [3.63, 3.8) is 0 Å². The number of hydrogen-bond donors (Lipinski definition) is 1. The molecule has 0 bridgehead atoms. The number of carbonyl (C=O) groups excluding carboxylic acids is 2. The lowest BCUT2D eigenvalue weighted by molar-refractivity contribution is -0.117. The summed E-state index contributed by atoms with van der Waals surface area (Å²) in [5, 5.41) is 16.5. The maximum atomic E-state index is 12.2. The number of aromatic nitrogens is 4. The summed E-state index contributed by atoms with van der Waals surface area (Å²) in [6.45, 7) is 4.13. The van der Waals surface area contributed by atoms with Crippen molar-refractivity contribution < 1.29 is 14.3 Å². The van der Waals surface area contributed by atoms with Crippen molar-refractivity contribution in [2.24, 2.45) is 0 Å². The van der Waals surface area contributed by atoms with Crippen LogP contribution in [-0.2, 0) is 16.1 Å². The van der Waals surface area contributed by atoms with E-state index in [9.17, 15) is 9.59 Å². The molecule has 0 aliphatic heterocycles. The number of anilines is 1. The number of nitrogens with one attached hydrogen (secondary N) is 1. The SMILES string of the molecule is COC(=O)c1sccc1NC(=O)Cn1nnc(-c2ccc(C(C)C)cc2)n1. The van der Waals surface area contributed by atoms with Gasteiger partial charge in [-0.15, -0.1) is 21.5 Å². The van der Waals surface area contributed by atoms with Gasteiger partial charge in [0.25, 0.3) is 0 Å². The van der Waals surface area contributed by atoms with Crippen LogP contribution in [0.25, 0.3) is 11.4 Å². The standard InChI is InChI=1S/C18H19N5O3S/c1-11(2)12-4-6-13(7-5-12)17-20-22-23(21-17)10-15(24)19-14-8-9-27-16(14)18(25)26-3/h4-9,11H,10H2,1-3H3,(H,19,24). The van der Waals surface area contributed by atoms with E-state index in [1.807, 2.05) is 24.3 Å². The van der Waals surface area contributed by atoms with Crippen LogP contribution in [0.3, 0.4) is 0 Å². The molecule has 0 spiro atoms. The molecule has 3 aromatic rings. The summed E-state index contributed by atoms with van der Waals surface area (Å²) in [7, 11) is 1.29. The van der Waals surface area contributed by atoms with Crippen molar-refractivity contribution >= 4 is 28.9 Å². The first-order chi connectivity index (χ1) is 13.0. The lowest BCUT2D eigenvalue weighted by Gasteiger charge is -2.05. The smallest absolute Gasteiger partial charge is 0.350 e. The average molecular weight is 385 g/mol. The van der Waals surface area contributed by atoms with E-state index < -0.39 is 5.97 Å². The van der Waals surface area contributed by atoms with Crippen LogP contribution in [0.5, 0.6) is 0 Å². The number of tetrazole rings is 1. The minimum Gasteiger partial charge on any atom is -0.465 e. The molecule has 140 valence electrons. The molecule has 1 amide bonds. The number of rotatable bonds is 6. The second-order valence-corrected chi connectivity index (χ2v) is 7.04. The zero-order valence-electron chi connectivity index (χ0n) is 15.2. The van der Waals surface area contributed by atoms with Crippen molar-refractivity contribution in [2.45, 2.75) is 26.3 Å². The Bertz CT molecular complexity index is 946. The fourth-order valence-corrected chi connectivity index (χ4v) is 3.19. The average Bonchev–Trinajstić information content (AvgIpc) is 3.30. The van der Waals surface area contributed by atoms with Gasteiger partial charge < -0.3 is 10.1 Å². The van der Waals surface area contributed by atoms with Crippen molar-refractivity contribution in [1.82, 2.24) is 20.2 Å². The van der Waals surface area contributed by atoms with Gasteiger partial charge in [0.15, 0.2) is 0 Å². The maximum absolute atomic E-state index is 12.2. The molecular weight excluding hydrogens is 366 g/mol. The lowest BCUT2D eigenvalue weighted by atomic mass is 10.0. The van der Waals surface area contributed by atoms with E-state index in [-0.39, 0.29) is 12.5 Å². The molecule has 9 heteroatoms. The molecule has 2 aromatic heterocycles. The van der Waals surface area contributed by atoms with Crippen molar-refractivity contribution in [1.29, 1.82) is 0 Å². The summed E-state index contributed by atoms with van der Waals surface area (Å²) in [6, 6.07) is 9.57. The number of esters is 1. The molecule has 1 N–H and O–H groups in total. The van der Waals surface area contributed by atoms with E-state index >= 15 is 0 Å². The highest BCUT2D eigenvalue weighted by Gasteiger charge is 2.16. The van der Waals surface area contributed by atoms with Gasteiger partial charge in [-0.1, -0.05) is 38.1 Å². The number of hydrogen-bond acceptors (Lipinski definition) is 7. The number of nitrogens with zero attached hydrogens (tertiary/aromatic N) is 4. The minimum atomic E-state index is -0.494. The third kappa shape index (κ3) is 4.37. The molecule has 0 radical (unpaired) electrons. The molecule has 2 heterocycles. The topological polar surface area (TPSA) is 99.0 Å². The largest absolute Gasteiger partial charge is 0.465 e. The van der Waals surface area contributed by atoms with Crippen LogP contribution in [0.15, 0.2) is 35.7 Å². The van der Waals surface area contributed by atoms with Gasteiger partial charge in [-0.3, -0.25) is 4.79 Å². The van der Waals surface area contributed by atoms with Crippen LogP contribution >= 0.6 is 11.3 Å². The van der Waals surface area contributed by atoms with Crippen LogP contribution in [-0.4, -0.2) is 39.2 Å². The van der Waals surface area contributed by atoms with E-state index in [0.29, 0.717) is 22.3 Å². The first-order valence-electron chi connectivity index (χ1n) is 8.31. The van der Waals surface area contributed by atoms with Crippen LogP contribution in [0, 0.1) is 0 Å². The molecule has 3 rings (SSSR count). The summed E-state index contributed by atoms with van der Waals surface area (Å²) < 4.78 is 4.69. The Labute approximate surface area is 160 Å². The van der Waals surface area contributed by atoms with E-state index in [0.717, 1.165) is 5.56 Å². The number of benzene rings is 1. The van der Waals surface area contributed by atoms with Gasteiger partial charge in [-0.25, -0.2) is 4.79 Å². The Kier molecular flexibility index (Phi) is 5.60. The van der Waals surface area contributed by atoms with Crippen LogP contribution < -0.4 is 5.32 Å². The third-order valence-corrected chi connectivity index (χ3v) is 4.78. The van der Waals surface area contributed by atoms with Crippen LogP contribution in [0.1, 0.15) is 35.0 Å². The summed E-state index contributed by atoms with van der Waals surface area (Å²) >= 11 is 1.20. The number of ether oxygens (including phenoxy) is 1. The Morgan fingerprint density at radius 1 is 1.22 bits per heavy atom. The summed E-state index contributed by atoms with van der Waals surface area (Å²) in [4.78, 5) is 25.4. The Hall–Kier alpha value is -3.07. The molecule has 27 heavy (non-hydrogen) atoms. The van der Waals surface area contributed by atoms with E-state index in [2.05, 4.69) is 34.6 Å². The molecular formula is C18H19N5O3S. The number of thiophene rings is 1. The lowest BCUT2D eigenvalue weighted by Crippen LogP contribution is -2.21. The van der Waals surface area contributed by atoms with Gasteiger partial charge in [-0.05, 0) is 28.1 Å². The quantitative estimate of drug-likeness (QED) is 0.655. The van der Waals surface area contributed by atoms with E-state index in [4.69, 9.17) is 4.74 Å². The van der Waals surface area contributed by atoms with Gasteiger partial charge in [0.2, 0.25) is 11.7 Å². The number of carbonyl (C=O) groups is 2. The maximum Gasteiger partial charge on any atom is 0.350 e. The van der Waals surface area contributed by atoms with Crippen LogP contribution in [0.4, 0.5) is 5.69 Å². The van der Waals surface area contributed by atoms with Crippen molar-refractivity contribution in [2.75, 3.05) is 12.4 Å². The first kappa shape index (κ1) is 18.7. The fourth-order valence-electron chi connectivity index (χ4n) is 2.42. The van der Waals surface area contributed by atoms with E-state index in [1.165, 1.54) is 28.8 Å². The predicted octanol–water partition coefficient (Wildman–Crippen LogP) is 2.95. The zero-order valence-corrected chi connectivity index (χ0v) is 16.0. The van der Waals surface area contributed by atoms with Gasteiger partial charge in [0.05, 0.1) is 12.8 Å².